The number of amides is 1. The van der Waals surface area contributed by atoms with E-state index in [2.05, 4.69) is 17.2 Å². The van der Waals surface area contributed by atoms with Crippen molar-refractivity contribution in [1.82, 2.24) is 10.3 Å². The number of pyridine rings is 1. The number of hydrogen-bond acceptors (Lipinski definition) is 6. The summed E-state index contributed by atoms with van der Waals surface area (Å²) >= 11 is 0. The van der Waals surface area contributed by atoms with Crippen LogP contribution in [-0.2, 0) is 9.53 Å². The van der Waals surface area contributed by atoms with Crippen LogP contribution >= 0.6 is 0 Å². The molecule has 0 spiro atoms. The Morgan fingerprint density at radius 1 is 1.35 bits per heavy atom. The largest absolute Gasteiger partial charge is 0.444 e. The van der Waals surface area contributed by atoms with E-state index in [1.165, 1.54) is 12.4 Å². The quantitative estimate of drug-likeness (QED) is 0.796. The molecular weight excluding hydrogens is 334 g/mol. The molecule has 3 atom stereocenters. The highest BCUT2D eigenvalue weighted by Crippen LogP contribution is 2.33. The van der Waals surface area contributed by atoms with Crippen molar-refractivity contribution >= 4 is 17.7 Å². The summed E-state index contributed by atoms with van der Waals surface area (Å²) in [6.07, 6.45) is 5.57. The molecule has 1 aliphatic carbocycles. The standard InChI is InChI=1S/C19H29N3O4/c1-12-6-5-7-15(22-18(24)26-19(2,3)4)13(12)10-17(23)25-16-8-9-21-11-14(16)20/h8-9,11-13,15H,5-7,10,20H2,1-4H3,(H,22,24). The maximum Gasteiger partial charge on any atom is 0.407 e. The van der Waals surface area contributed by atoms with Gasteiger partial charge in [0, 0.05) is 18.3 Å². The van der Waals surface area contributed by atoms with Gasteiger partial charge in [-0.05, 0) is 39.0 Å². The molecule has 0 radical (unpaired) electrons. The predicted molar refractivity (Wildman–Crippen MR) is 98.6 cm³/mol. The normalized spacial score (nSPS) is 23.2. The van der Waals surface area contributed by atoms with Crippen LogP contribution in [0.4, 0.5) is 10.5 Å². The lowest BCUT2D eigenvalue weighted by atomic mass is 9.75. The minimum absolute atomic E-state index is 0.00756. The molecule has 1 aromatic heterocycles. The molecular formula is C19H29N3O4. The number of esters is 1. The van der Waals surface area contributed by atoms with E-state index in [1.54, 1.807) is 6.07 Å². The number of hydrogen-bond donors (Lipinski definition) is 2. The number of nitrogens with two attached hydrogens (primary N) is 1. The Labute approximate surface area is 154 Å². The molecule has 1 aromatic rings. The van der Waals surface area contributed by atoms with Crippen LogP contribution in [0.25, 0.3) is 0 Å². The molecule has 7 nitrogen and oxygen atoms in total. The second-order valence-electron chi connectivity index (χ2n) is 7.92. The van der Waals surface area contributed by atoms with Crippen LogP contribution in [0.15, 0.2) is 18.5 Å². The molecule has 1 amide bonds. The fourth-order valence-corrected chi connectivity index (χ4v) is 3.31. The van der Waals surface area contributed by atoms with Gasteiger partial charge in [0.1, 0.15) is 5.60 Å². The van der Waals surface area contributed by atoms with Gasteiger partial charge in [0.2, 0.25) is 0 Å². The highest BCUT2D eigenvalue weighted by atomic mass is 16.6. The van der Waals surface area contributed by atoms with Crippen LogP contribution in [0.3, 0.4) is 0 Å². The Balaban J connectivity index is 2.00. The van der Waals surface area contributed by atoms with E-state index < -0.39 is 11.7 Å². The first kappa shape index (κ1) is 20.0. The summed E-state index contributed by atoms with van der Waals surface area (Å²) in [5, 5.41) is 2.93. The Bertz CT molecular complexity index is 642. The topological polar surface area (TPSA) is 104 Å². The van der Waals surface area contributed by atoms with Crippen molar-refractivity contribution < 1.29 is 19.1 Å². The van der Waals surface area contributed by atoms with Crippen LogP contribution < -0.4 is 15.8 Å². The zero-order valence-corrected chi connectivity index (χ0v) is 16.0. The molecule has 1 fully saturated rings. The summed E-state index contributed by atoms with van der Waals surface area (Å²) in [5.41, 5.74) is 5.53. The molecule has 26 heavy (non-hydrogen) atoms. The maximum atomic E-state index is 12.4. The van der Waals surface area contributed by atoms with Crippen LogP contribution in [0.2, 0.25) is 0 Å². The number of nitrogen functional groups attached to an aromatic ring is 1. The molecule has 0 aliphatic heterocycles. The van der Waals surface area contributed by atoms with Gasteiger partial charge in [-0.15, -0.1) is 0 Å². The van der Waals surface area contributed by atoms with Crippen molar-refractivity contribution in [2.24, 2.45) is 11.8 Å². The third kappa shape index (κ3) is 5.89. The fraction of sp³-hybridized carbons (Fsp3) is 0.632. The van der Waals surface area contributed by atoms with E-state index in [0.29, 0.717) is 17.4 Å². The fourth-order valence-electron chi connectivity index (χ4n) is 3.31. The zero-order chi connectivity index (χ0) is 19.3. The van der Waals surface area contributed by atoms with Gasteiger partial charge in [-0.25, -0.2) is 4.79 Å². The molecule has 2 rings (SSSR count). The average molecular weight is 363 g/mol. The van der Waals surface area contributed by atoms with Crippen LogP contribution in [0.5, 0.6) is 5.75 Å². The van der Waals surface area contributed by atoms with Crippen LogP contribution in [0.1, 0.15) is 53.4 Å². The number of nitrogens with zero attached hydrogens (tertiary/aromatic N) is 1. The molecule has 144 valence electrons. The number of aromatic nitrogens is 1. The molecule has 7 heteroatoms. The van der Waals surface area contributed by atoms with Crippen LogP contribution in [0, 0.1) is 11.8 Å². The number of ether oxygens (including phenoxy) is 2. The van der Waals surface area contributed by atoms with E-state index >= 15 is 0 Å². The molecule has 3 unspecified atom stereocenters. The molecule has 0 saturated heterocycles. The van der Waals surface area contributed by atoms with Gasteiger partial charge in [0.15, 0.2) is 5.75 Å². The zero-order valence-electron chi connectivity index (χ0n) is 16.0. The summed E-state index contributed by atoms with van der Waals surface area (Å²) in [6.45, 7) is 7.57. The lowest BCUT2D eigenvalue weighted by molar-refractivity contribution is -0.136. The summed E-state index contributed by atoms with van der Waals surface area (Å²) in [5.74, 6) is 0.237. The third-order valence-corrected chi connectivity index (χ3v) is 4.56. The molecule has 0 aromatic carbocycles. The van der Waals surface area contributed by atoms with Crippen molar-refractivity contribution in [1.29, 1.82) is 0 Å². The number of carbonyl (C=O) groups is 2. The number of alkyl carbamates (subject to hydrolysis) is 1. The van der Waals surface area contributed by atoms with Crippen LogP contribution in [-0.4, -0.2) is 28.7 Å². The van der Waals surface area contributed by atoms with Gasteiger partial charge >= 0.3 is 12.1 Å². The Hall–Kier alpha value is -2.31. The number of rotatable bonds is 4. The minimum atomic E-state index is -0.558. The monoisotopic (exact) mass is 363 g/mol. The number of anilines is 1. The van der Waals surface area contributed by atoms with E-state index in [-0.39, 0.29) is 24.3 Å². The third-order valence-electron chi connectivity index (χ3n) is 4.56. The first-order valence-corrected chi connectivity index (χ1v) is 9.05. The van der Waals surface area contributed by atoms with Gasteiger partial charge in [-0.3, -0.25) is 9.78 Å². The van der Waals surface area contributed by atoms with Crippen molar-refractivity contribution in [3.05, 3.63) is 18.5 Å². The molecule has 3 N–H and O–H groups in total. The molecule has 1 aliphatic rings. The molecule has 1 heterocycles. The van der Waals surface area contributed by atoms with E-state index in [4.69, 9.17) is 15.2 Å². The van der Waals surface area contributed by atoms with Gasteiger partial charge < -0.3 is 20.5 Å². The highest BCUT2D eigenvalue weighted by Gasteiger charge is 2.34. The summed E-state index contributed by atoms with van der Waals surface area (Å²) in [4.78, 5) is 28.4. The van der Waals surface area contributed by atoms with Crippen molar-refractivity contribution in [2.45, 2.75) is 65.0 Å². The Morgan fingerprint density at radius 2 is 2.08 bits per heavy atom. The van der Waals surface area contributed by atoms with E-state index in [9.17, 15) is 9.59 Å². The predicted octanol–water partition coefficient (Wildman–Crippen LogP) is 3.29. The second-order valence-corrected chi connectivity index (χ2v) is 7.92. The lowest BCUT2D eigenvalue weighted by Crippen LogP contribution is -2.47. The smallest absolute Gasteiger partial charge is 0.407 e. The first-order chi connectivity index (χ1) is 12.2. The van der Waals surface area contributed by atoms with Crippen molar-refractivity contribution in [3.8, 4) is 5.75 Å². The van der Waals surface area contributed by atoms with Gasteiger partial charge in [0.25, 0.3) is 0 Å². The van der Waals surface area contributed by atoms with E-state index in [0.717, 1.165) is 19.3 Å². The SMILES string of the molecule is CC1CCCC(NC(=O)OC(C)(C)C)C1CC(=O)Oc1ccncc1N. The lowest BCUT2D eigenvalue weighted by Gasteiger charge is -2.36. The first-order valence-electron chi connectivity index (χ1n) is 9.05. The summed E-state index contributed by atoms with van der Waals surface area (Å²) in [6, 6.07) is 1.45. The number of nitrogens with one attached hydrogen (secondary N) is 1. The highest BCUT2D eigenvalue weighted by molar-refractivity contribution is 5.75. The molecule has 0 bridgehead atoms. The van der Waals surface area contributed by atoms with E-state index in [1.807, 2.05) is 20.8 Å². The molecule has 1 saturated carbocycles. The van der Waals surface area contributed by atoms with Gasteiger partial charge in [0.05, 0.1) is 18.3 Å². The van der Waals surface area contributed by atoms with Gasteiger partial charge in [-0.1, -0.05) is 19.8 Å². The van der Waals surface area contributed by atoms with Crippen molar-refractivity contribution in [2.75, 3.05) is 5.73 Å². The second kappa shape index (κ2) is 8.38. The Kier molecular flexibility index (Phi) is 6.45. The Morgan fingerprint density at radius 3 is 2.73 bits per heavy atom. The number of carbonyl (C=O) groups excluding carboxylic acids is 2. The minimum Gasteiger partial charge on any atom is -0.444 e. The summed E-state index contributed by atoms with van der Waals surface area (Å²) < 4.78 is 10.7. The average Bonchev–Trinajstić information content (AvgIpc) is 2.51. The summed E-state index contributed by atoms with van der Waals surface area (Å²) in [7, 11) is 0. The van der Waals surface area contributed by atoms with Crippen molar-refractivity contribution in [3.63, 3.8) is 0 Å². The maximum absolute atomic E-state index is 12.4. The van der Waals surface area contributed by atoms with Gasteiger partial charge in [-0.2, -0.15) is 0 Å².